The van der Waals surface area contributed by atoms with Gasteiger partial charge in [0, 0.05) is 42.7 Å². The summed E-state index contributed by atoms with van der Waals surface area (Å²) in [5.74, 6) is 0.387. The number of rotatable bonds is 5. The molecule has 0 spiro atoms. The zero-order valence-electron chi connectivity index (χ0n) is 15.9. The van der Waals surface area contributed by atoms with Crippen molar-refractivity contribution in [3.05, 3.63) is 47.9 Å². The highest BCUT2D eigenvalue weighted by atomic mass is 35.5. The molecule has 2 aliphatic rings. The SMILES string of the molecule is O=C(CN1CCN(c2cccc(Cl)c2)C1=O)N1CCCC(Oc2cnccn2)C1. The third kappa shape index (κ3) is 4.59. The molecular formula is C20H22ClN5O3. The Kier molecular flexibility index (Phi) is 5.80. The first-order valence-corrected chi connectivity index (χ1v) is 10.0. The highest BCUT2D eigenvalue weighted by molar-refractivity contribution is 6.30. The molecule has 0 radical (unpaired) electrons. The molecule has 8 nitrogen and oxygen atoms in total. The lowest BCUT2D eigenvalue weighted by atomic mass is 10.1. The first-order chi connectivity index (χ1) is 14.1. The van der Waals surface area contributed by atoms with Crippen LogP contribution in [0.3, 0.4) is 0 Å². The van der Waals surface area contributed by atoms with E-state index < -0.39 is 0 Å². The van der Waals surface area contributed by atoms with Crippen LogP contribution >= 0.6 is 11.6 Å². The number of aromatic nitrogens is 2. The number of ether oxygens (including phenoxy) is 1. The summed E-state index contributed by atoms with van der Waals surface area (Å²) in [5, 5.41) is 0.576. The minimum Gasteiger partial charge on any atom is -0.471 e. The van der Waals surface area contributed by atoms with Gasteiger partial charge in [-0.1, -0.05) is 17.7 Å². The Morgan fingerprint density at radius 1 is 1.24 bits per heavy atom. The maximum atomic E-state index is 12.8. The zero-order chi connectivity index (χ0) is 20.2. The number of carbonyl (C=O) groups excluding carboxylic acids is 2. The molecule has 0 aliphatic carbocycles. The molecule has 2 aliphatic heterocycles. The van der Waals surface area contributed by atoms with Crippen LogP contribution in [0.5, 0.6) is 5.88 Å². The number of piperidine rings is 1. The smallest absolute Gasteiger partial charge is 0.325 e. The summed E-state index contributed by atoms with van der Waals surface area (Å²) in [7, 11) is 0. The summed E-state index contributed by atoms with van der Waals surface area (Å²) in [6.07, 6.45) is 6.30. The van der Waals surface area contributed by atoms with Gasteiger partial charge in [0.05, 0.1) is 12.7 Å². The average molecular weight is 416 g/mol. The van der Waals surface area contributed by atoms with Gasteiger partial charge < -0.3 is 14.5 Å². The van der Waals surface area contributed by atoms with E-state index >= 15 is 0 Å². The fraction of sp³-hybridized carbons (Fsp3) is 0.400. The number of amides is 3. The van der Waals surface area contributed by atoms with Crippen LogP contribution < -0.4 is 9.64 Å². The molecule has 2 saturated heterocycles. The van der Waals surface area contributed by atoms with Gasteiger partial charge in [0.2, 0.25) is 11.8 Å². The van der Waals surface area contributed by atoms with Gasteiger partial charge in [0.15, 0.2) is 0 Å². The monoisotopic (exact) mass is 415 g/mol. The second-order valence-corrected chi connectivity index (χ2v) is 7.54. The van der Waals surface area contributed by atoms with Crippen molar-refractivity contribution >= 4 is 29.2 Å². The maximum absolute atomic E-state index is 12.8. The Balaban J connectivity index is 1.33. The van der Waals surface area contributed by atoms with Crippen LogP contribution in [0.4, 0.5) is 10.5 Å². The van der Waals surface area contributed by atoms with Gasteiger partial charge in [0.25, 0.3) is 0 Å². The maximum Gasteiger partial charge on any atom is 0.325 e. The molecule has 1 atom stereocenters. The molecule has 0 saturated carbocycles. The highest BCUT2D eigenvalue weighted by Crippen LogP contribution is 2.24. The number of hydrogen-bond donors (Lipinski definition) is 0. The van der Waals surface area contributed by atoms with Gasteiger partial charge in [-0.25, -0.2) is 9.78 Å². The lowest BCUT2D eigenvalue weighted by Gasteiger charge is -2.33. The van der Waals surface area contributed by atoms with Crippen molar-refractivity contribution in [2.24, 2.45) is 0 Å². The first-order valence-electron chi connectivity index (χ1n) is 9.62. The second-order valence-electron chi connectivity index (χ2n) is 7.10. The molecule has 1 aromatic carbocycles. The van der Waals surface area contributed by atoms with Gasteiger partial charge in [0.1, 0.15) is 12.6 Å². The molecule has 4 rings (SSSR count). The van der Waals surface area contributed by atoms with Gasteiger partial charge in [-0.15, -0.1) is 0 Å². The third-order valence-electron chi connectivity index (χ3n) is 5.10. The molecule has 2 aromatic rings. The average Bonchev–Trinajstić information content (AvgIpc) is 3.09. The molecule has 3 amide bonds. The molecule has 9 heteroatoms. The van der Waals surface area contributed by atoms with Crippen molar-refractivity contribution in [3.63, 3.8) is 0 Å². The van der Waals surface area contributed by atoms with E-state index in [2.05, 4.69) is 9.97 Å². The fourth-order valence-corrected chi connectivity index (χ4v) is 3.84. The van der Waals surface area contributed by atoms with Crippen LogP contribution in [0.1, 0.15) is 12.8 Å². The molecular weight excluding hydrogens is 394 g/mol. The van der Waals surface area contributed by atoms with E-state index in [1.165, 1.54) is 0 Å². The Bertz CT molecular complexity index is 881. The topological polar surface area (TPSA) is 78.9 Å². The quantitative estimate of drug-likeness (QED) is 0.749. The Hall–Kier alpha value is -2.87. The van der Waals surface area contributed by atoms with E-state index in [1.807, 2.05) is 12.1 Å². The summed E-state index contributed by atoms with van der Waals surface area (Å²) >= 11 is 6.03. The van der Waals surface area contributed by atoms with Crippen LogP contribution in [-0.2, 0) is 4.79 Å². The number of urea groups is 1. The number of carbonyl (C=O) groups is 2. The zero-order valence-corrected chi connectivity index (χ0v) is 16.7. The number of nitrogens with zero attached hydrogens (tertiary/aromatic N) is 5. The van der Waals surface area contributed by atoms with Crippen molar-refractivity contribution in [1.82, 2.24) is 19.8 Å². The van der Waals surface area contributed by atoms with Crippen molar-refractivity contribution in [1.29, 1.82) is 0 Å². The minimum atomic E-state index is -0.176. The lowest BCUT2D eigenvalue weighted by Crippen LogP contribution is -2.48. The summed E-state index contributed by atoms with van der Waals surface area (Å²) in [6, 6.07) is 7.00. The summed E-state index contributed by atoms with van der Waals surface area (Å²) < 4.78 is 5.84. The summed E-state index contributed by atoms with van der Waals surface area (Å²) in [4.78, 5) is 38.7. The molecule has 0 N–H and O–H groups in total. The van der Waals surface area contributed by atoms with Gasteiger partial charge >= 0.3 is 6.03 Å². The van der Waals surface area contributed by atoms with Crippen LogP contribution in [-0.4, -0.2) is 70.5 Å². The normalized spacial score (nSPS) is 19.6. The van der Waals surface area contributed by atoms with E-state index in [9.17, 15) is 9.59 Å². The predicted molar refractivity (Wildman–Crippen MR) is 108 cm³/mol. The number of benzene rings is 1. The first kappa shape index (κ1) is 19.4. The Morgan fingerprint density at radius 3 is 2.93 bits per heavy atom. The van der Waals surface area contributed by atoms with Crippen LogP contribution in [0.25, 0.3) is 0 Å². The van der Waals surface area contributed by atoms with E-state index in [1.54, 1.807) is 45.4 Å². The number of hydrogen-bond acceptors (Lipinski definition) is 5. The van der Waals surface area contributed by atoms with Crippen molar-refractivity contribution in [2.45, 2.75) is 18.9 Å². The van der Waals surface area contributed by atoms with Crippen molar-refractivity contribution < 1.29 is 14.3 Å². The van der Waals surface area contributed by atoms with E-state index in [0.29, 0.717) is 37.1 Å². The molecule has 3 heterocycles. The predicted octanol–water partition coefficient (Wildman–Crippen LogP) is 2.44. The second kappa shape index (κ2) is 8.65. The van der Waals surface area contributed by atoms with Crippen LogP contribution in [0.15, 0.2) is 42.9 Å². The van der Waals surface area contributed by atoms with Crippen molar-refractivity contribution in [3.8, 4) is 5.88 Å². The molecule has 152 valence electrons. The summed E-state index contributed by atoms with van der Waals surface area (Å²) in [6.45, 7) is 2.25. The summed E-state index contributed by atoms with van der Waals surface area (Å²) in [5.41, 5.74) is 0.743. The standard InChI is InChI=1S/C20H22ClN5O3/c21-15-3-1-4-16(11-15)26-10-9-25(20(26)28)14-19(27)24-8-2-5-17(13-24)29-18-12-22-6-7-23-18/h1,3-4,6-7,11-12,17H,2,5,8-10,13-14H2. The van der Waals surface area contributed by atoms with Gasteiger partial charge in [-0.05, 0) is 31.0 Å². The minimum absolute atomic E-state index is 0.0633. The molecule has 29 heavy (non-hydrogen) atoms. The molecule has 1 aromatic heterocycles. The largest absolute Gasteiger partial charge is 0.471 e. The van der Waals surface area contributed by atoms with Crippen molar-refractivity contribution in [2.75, 3.05) is 37.6 Å². The number of likely N-dealkylation sites (tertiary alicyclic amines) is 1. The van der Waals surface area contributed by atoms with E-state index in [-0.39, 0.29) is 24.6 Å². The lowest BCUT2D eigenvalue weighted by molar-refractivity contribution is -0.134. The third-order valence-corrected chi connectivity index (χ3v) is 5.33. The van der Waals surface area contributed by atoms with E-state index in [0.717, 1.165) is 18.5 Å². The van der Waals surface area contributed by atoms with Gasteiger partial charge in [-0.3, -0.25) is 14.7 Å². The van der Waals surface area contributed by atoms with Gasteiger partial charge in [-0.2, -0.15) is 0 Å². The van der Waals surface area contributed by atoms with Crippen LogP contribution in [0.2, 0.25) is 5.02 Å². The fourth-order valence-electron chi connectivity index (χ4n) is 3.65. The molecule has 0 bridgehead atoms. The number of anilines is 1. The molecule has 1 unspecified atom stereocenters. The molecule has 2 fully saturated rings. The Morgan fingerprint density at radius 2 is 2.14 bits per heavy atom. The number of halogens is 1. The highest BCUT2D eigenvalue weighted by Gasteiger charge is 2.33. The Labute approximate surface area is 174 Å². The van der Waals surface area contributed by atoms with E-state index in [4.69, 9.17) is 16.3 Å². The van der Waals surface area contributed by atoms with Crippen LogP contribution in [0, 0.1) is 0 Å².